The molecule has 1 saturated heterocycles. The lowest BCUT2D eigenvalue weighted by atomic mass is 10.00. The number of nitrogens with one attached hydrogen (secondary N) is 1. The summed E-state index contributed by atoms with van der Waals surface area (Å²) in [5.41, 5.74) is 2.81. The first-order valence-corrected chi connectivity index (χ1v) is 12.1. The van der Waals surface area contributed by atoms with Gasteiger partial charge in [0.25, 0.3) is 10.0 Å². The minimum Gasteiger partial charge on any atom is -0.496 e. The molecule has 166 valence electrons. The number of benzene rings is 2. The third-order valence-electron chi connectivity index (χ3n) is 6.35. The molecule has 0 saturated carbocycles. The molecule has 2 aromatic rings. The molecule has 2 aliphatic heterocycles. The van der Waals surface area contributed by atoms with E-state index in [9.17, 15) is 13.2 Å². The van der Waals surface area contributed by atoms with Crippen molar-refractivity contribution in [3.05, 3.63) is 53.1 Å². The van der Waals surface area contributed by atoms with Crippen molar-refractivity contribution in [3.63, 3.8) is 0 Å². The molecule has 2 aliphatic rings. The molecule has 2 heterocycles. The van der Waals surface area contributed by atoms with Gasteiger partial charge in [0.15, 0.2) is 0 Å². The zero-order chi connectivity index (χ0) is 22.2. The summed E-state index contributed by atoms with van der Waals surface area (Å²) >= 11 is 0. The number of nitrogens with zero attached hydrogens (tertiary/aromatic N) is 2. The van der Waals surface area contributed by atoms with E-state index in [1.165, 1.54) is 4.31 Å². The van der Waals surface area contributed by atoms with E-state index in [1.54, 1.807) is 32.2 Å². The number of carbonyl (C=O) groups is 1. The maximum atomic E-state index is 13.7. The smallest absolute Gasteiger partial charge is 0.264 e. The highest BCUT2D eigenvalue weighted by Gasteiger charge is 2.41. The first-order chi connectivity index (χ1) is 14.9. The first-order valence-electron chi connectivity index (χ1n) is 10.6. The number of ether oxygens (including phenoxy) is 1. The van der Waals surface area contributed by atoms with Crippen molar-refractivity contribution in [2.45, 2.75) is 31.1 Å². The van der Waals surface area contributed by atoms with Gasteiger partial charge in [-0.05, 0) is 61.7 Å². The molecule has 2 aromatic carbocycles. The van der Waals surface area contributed by atoms with Crippen LogP contribution in [0.4, 0.5) is 5.69 Å². The minimum absolute atomic E-state index is 0.00326. The van der Waals surface area contributed by atoms with Crippen LogP contribution in [0.1, 0.15) is 29.0 Å². The highest BCUT2D eigenvalue weighted by Crippen LogP contribution is 2.41. The molecule has 0 bridgehead atoms. The Labute approximate surface area is 184 Å². The number of hydrogen-bond acceptors (Lipinski definition) is 5. The molecule has 0 aromatic heterocycles. The third kappa shape index (κ3) is 3.78. The van der Waals surface area contributed by atoms with Crippen LogP contribution in [0.3, 0.4) is 0 Å². The number of anilines is 1. The fourth-order valence-electron chi connectivity index (χ4n) is 4.49. The van der Waals surface area contributed by atoms with Crippen LogP contribution in [0.15, 0.2) is 41.3 Å². The molecular weight excluding hydrogens is 414 g/mol. The van der Waals surface area contributed by atoms with E-state index < -0.39 is 15.9 Å². The maximum absolute atomic E-state index is 13.7. The average molecular weight is 444 g/mol. The third-order valence-corrected chi connectivity index (χ3v) is 8.28. The predicted molar refractivity (Wildman–Crippen MR) is 120 cm³/mol. The Kier molecular flexibility index (Phi) is 5.94. The van der Waals surface area contributed by atoms with Crippen molar-refractivity contribution in [2.24, 2.45) is 0 Å². The van der Waals surface area contributed by atoms with E-state index in [-0.39, 0.29) is 17.3 Å². The highest BCUT2D eigenvalue weighted by atomic mass is 32.2. The first kappa shape index (κ1) is 21.6. The van der Waals surface area contributed by atoms with Crippen molar-refractivity contribution in [3.8, 4) is 5.75 Å². The van der Waals surface area contributed by atoms with Crippen molar-refractivity contribution >= 4 is 21.6 Å². The van der Waals surface area contributed by atoms with Crippen molar-refractivity contribution in [1.29, 1.82) is 0 Å². The van der Waals surface area contributed by atoms with Crippen molar-refractivity contribution in [2.75, 3.05) is 44.1 Å². The summed E-state index contributed by atoms with van der Waals surface area (Å²) in [5.74, 6) is 0.154. The molecule has 8 heteroatoms. The number of hydrogen-bond donors (Lipinski definition) is 1. The van der Waals surface area contributed by atoms with Crippen LogP contribution in [0.5, 0.6) is 5.75 Å². The van der Waals surface area contributed by atoms with E-state index in [4.69, 9.17) is 4.74 Å². The van der Waals surface area contributed by atoms with Gasteiger partial charge in [-0.1, -0.05) is 18.2 Å². The van der Waals surface area contributed by atoms with Gasteiger partial charge >= 0.3 is 0 Å². The minimum atomic E-state index is -3.84. The molecule has 7 nitrogen and oxygen atoms in total. The second-order valence-corrected chi connectivity index (χ2v) is 9.92. The Morgan fingerprint density at radius 3 is 2.61 bits per heavy atom. The molecule has 0 radical (unpaired) electrons. The predicted octanol–water partition coefficient (Wildman–Crippen LogP) is 2.43. The lowest BCUT2D eigenvalue weighted by Gasteiger charge is -2.25. The molecule has 1 atom stereocenters. The van der Waals surface area contributed by atoms with E-state index in [2.05, 4.69) is 5.32 Å². The molecule has 4 rings (SSSR count). The van der Waals surface area contributed by atoms with Gasteiger partial charge in [0.05, 0.1) is 30.2 Å². The number of sulfonamides is 1. The zero-order valence-corrected chi connectivity index (χ0v) is 19.0. The highest BCUT2D eigenvalue weighted by molar-refractivity contribution is 7.93. The summed E-state index contributed by atoms with van der Waals surface area (Å²) in [6, 6.07) is 10.6. The van der Waals surface area contributed by atoms with Crippen LogP contribution in [-0.4, -0.2) is 59.1 Å². The fourth-order valence-corrected chi connectivity index (χ4v) is 6.28. The number of amides is 1. The fraction of sp³-hybridized carbons (Fsp3) is 0.435. The second kappa shape index (κ2) is 8.51. The SMILES string of the molecule is COc1ccc(S(=O)(=O)N2C[C@@H](C(=O)N3CCCNCC3)c3ccccc32)c(C)c1C. The normalized spacial score (nSPS) is 19.1. The Balaban J connectivity index is 1.72. The molecule has 1 N–H and O–H groups in total. The van der Waals surface area contributed by atoms with Gasteiger partial charge in [-0.25, -0.2) is 8.42 Å². The molecule has 31 heavy (non-hydrogen) atoms. The summed E-state index contributed by atoms with van der Waals surface area (Å²) in [6.45, 7) is 6.74. The summed E-state index contributed by atoms with van der Waals surface area (Å²) in [7, 11) is -2.27. The van der Waals surface area contributed by atoms with Gasteiger partial charge in [-0.15, -0.1) is 0 Å². The Bertz CT molecular complexity index is 1090. The maximum Gasteiger partial charge on any atom is 0.264 e. The van der Waals surface area contributed by atoms with Gasteiger partial charge in [0.2, 0.25) is 5.91 Å². The van der Waals surface area contributed by atoms with E-state index in [1.807, 2.05) is 30.0 Å². The number of methoxy groups -OCH3 is 1. The van der Waals surface area contributed by atoms with Crippen LogP contribution >= 0.6 is 0 Å². The van der Waals surface area contributed by atoms with Crippen LogP contribution in [0.2, 0.25) is 0 Å². The number of fused-ring (bicyclic) bond motifs is 1. The second-order valence-electron chi connectivity index (χ2n) is 8.09. The Morgan fingerprint density at radius 1 is 1.06 bits per heavy atom. The van der Waals surface area contributed by atoms with E-state index in [0.717, 1.165) is 30.6 Å². The quantitative estimate of drug-likeness (QED) is 0.785. The van der Waals surface area contributed by atoms with Gasteiger partial charge < -0.3 is 15.0 Å². The molecular formula is C23H29N3O4S. The summed E-state index contributed by atoms with van der Waals surface area (Å²) in [5, 5.41) is 3.31. The number of carbonyl (C=O) groups excluding carboxylic acids is 1. The molecule has 0 spiro atoms. The van der Waals surface area contributed by atoms with E-state index in [0.29, 0.717) is 30.1 Å². The van der Waals surface area contributed by atoms with E-state index >= 15 is 0 Å². The Morgan fingerprint density at radius 2 is 1.84 bits per heavy atom. The van der Waals surface area contributed by atoms with Gasteiger partial charge in [-0.3, -0.25) is 9.10 Å². The standard InChI is InChI=1S/C23H29N3O4S/c1-16-17(2)22(10-9-21(16)30-3)31(28,29)26-15-19(18-7-4-5-8-20(18)26)23(27)25-13-6-11-24-12-14-25/h4-5,7-10,19,24H,6,11-15H2,1-3H3/t19-/m1/s1. The summed E-state index contributed by atoms with van der Waals surface area (Å²) < 4.78 is 34.2. The Hall–Kier alpha value is -2.58. The lowest BCUT2D eigenvalue weighted by molar-refractivity contribution is -0.132. The summed E-state index contributed by atoms with van der Waals surface area (Å²) in [6.07, 6.45) is 0.895. The van der Waals surface area contributed by atoms with Crippen molar-refractivity contribution < 1.29 is 17.9 Å². The zero-order valence-electron chi connectivity index (χ0n) is 18.2. The number of para-hydroxylation sites is 1. The molecule has 0 aliphatic carbocycles. The van der Waals surface area contributed by atoms with Gasteiger partial charge in [-0.2, -0.15) is 0 Å². The number of rotatable bonds is 4. The summed E-state index contributed by atoms with van der Waals surface area (Å²) in [4.78, 5) is 15.5. The monoisotopic (exact) mass is 443 g/mol. The van der Waals surface area contributed by atoms with Gasteiger partial charge in [0, 0.05) is 19.6 Å². The topological polar surface area (TPSA) is 79.0 Å². The van der Waals surface area contributed by atoms with Crippen LogP contribution < -0.4 is 14.4 Å². The van der Waals surface area contributed by atoms with Crippen LogP contribution in [0.25, 0.3) is 0 Å². The van der Waals surface area contributed by atoms with Crippen LogP contribution in [-0.2, 0) is 14.8 Å². The molecule has 1 amide bonds. The molecule has 1 fully saturated rings. The largest absolute Gasteiger partial charge is 0.496 e. The van der Waals surface area contributed by atoms with Crippen molar-refractivity contribution in [1.82, 2.24) is 10.2 Å². The van der Waals surface area contributed by atoms with Gasteiger partial charge in [0.1, 0.15) is 5.75 Å². The molecule has 0 unspecified atom stereocenters. The van der Waals surface area contributed by atoms with Crippen LogP contribution in [0, 0.1) is 13.8 Å². The lowest BCUT2D eigenvalue weighted by Crippen LogP contribution is -2.40. The average Bonchev–Trinajstić information content (AvgIpc) is 2.95.